The van der Waals surface area contributed by atoms with Gasteiger partial charge in [0.1, 0.15) is 0 Å². The maximum absolute atomic E-state index is 3.75. The Hall–Kier alpha value is 1.66. The first-order valence-electron chi connectivity index (χ1n) is 3.90. The largest absolute Gasteiger partial charge is 0.0883 e. The van der Waals surface area contributed by atoms with Crippen LogP contribution in [0.25, 0.3) is 0 Å². The van der Waals surface area contributed by atoms with Gasteiger partial charge in [-0.15, -0.1) is 0 Å². The molecule has 0 nitrogen and oxygen atoms in total. The van der Waals surface area contributed by atoms with Crippen LogP contribution in [-0.4, -0.2) is 14.5 Å². The molecule has 0 aromatic carbocycles. The van der Waals surface area contributed by atoms with E-state index in [9.17, 15) is 0 Å². The minimum atomic E-state index is 0.477. The van der Waals surface area contributed by atoms with Gasteiger partial charge in [-0.05, 0) is 12.3 Å². The minimum absolute atomic E-state index is 0.477. The Morgan fingerprint density at radius 1 is 1.17 bits per heavy atom. The van der Waals surface area contributed by atoms with Crippen molar-refractivity contribution in [2.75, 3.05) is 0 Å². The van der Waals surface area contributed by atoms with Crippen LogP contribution in [0.1, 0.15) is 6.42 Å². The lowest BCUT2D eigenvalue weighted by molar-refractivity contribution is 0.254. The Morgan fingerprint density at radius 3 is 2.33 bits per heavy atom. The summed E-state index contributed by atoms with van der Waals surface area (Å²) in [4.78, 5) is 1.81. The fraction of sp³-hybridized carbons (Fsp3) is 0.750. The molecule has 0 aromatic heterocycles. The van der Waals surface area contributed by atoms with E-state index in [4.69, 9.17) is 0 Å². The van der Waals surface area contributed by atoms with Crippen LogP contribution in [0.3, 0.4) is 0 Å². The number of fused-ring (bicyclic) bond motifs is 2. The van der Waals surface area contributed by atoms with Crippen LogP contribution >= 0.6 is 63.7 Å². The smallest absolute Gasteiger partial charge is 0.0507 e. The van der Waals surface area contributed by atoms with Gasteiger partial charge >= 0.3 is 0 Å². The molecule has 0 heterocycles. The van der Waals surface area contributed by atoms with Crippen molar-refractivity contribution in [2.45, 2.75) is 20.9 Å². The molecule has 68 valence electrons. The van der Waals surface area contributed by atoms with Crippen LogP contribution in [0.4, 0.5) is 0 Å². The topological polar surface area (TPSA) is 0 Å². The zero-order valence-corrected chi connectivity index (χ0v) is 12.5. The van der Waals surface area contributed by atoms with Gasteiger partial charge in [0, 0.05) is 20.1 Å². The minimum Gasteiger partial charge on any atom is -0.0883 e. The van der Waals surface area contributed by atoms with Gasteiger partial charge in [0.25, 0.3) is 0 Å². The van der Waals surface area contributed by atoms with Crippen molar-refractivity contribution >= 4 is 63.7 Å². The maximum atomic E-state index is 3.75. The van der Waals surface area contributed by atoms with Crippen molar-refractivity contribution in [2.24, 2.45) is 11.8 Å². The lowest BCUT2D eigenvalue weighted by atomic mass is 9.73. The van der Waals surface area contributed by atoms with Crippen LogP contribution in [0.15, 0.2) is 10.6 Å². The van der Waals surface area contributed by atoms with E-state index in [0.29, 0.717) is 20.4 Å². The van der Waals surface area contributed by atoms with Crippen molar-refractivity contribution in [1.82, 2.24) is 0 Å². The quantitative estimate of drug-likeness (QED) is 0.512. The molecule has 2 bridgehead atoms. The molecule has 0 saturated heterocycles. The van der Waals surface area contributed by atoms with Crippen molar-refractivity contribution in [1.29, 1.82) is 0 Å². The molecule has 3 rings (SSSR count). The van der Waals surface area contributed by atoms with E-state index in [0.717, 1.165) is 5.92 Å². The summed E-state index contributed by atoms with van der Waals surface area (Å²) in [6.45, 7) is 0. The van der Waals surface area contributed by atoms with Gasteiger partial charge in [-0.25, -0.2) is 0 Å². The fourth-order valence-electron chi connectivity index (χ4n) is 1.90. The summed E-state index contributed by atoms with van der Waals surface area (Å²) in [5.74, 6) is 1.45. The van der Waals surface area contributed by atoms with Crippen LogP contribution < -0.4 is 0 Å². The number of hydrogen-bond acceptors (Lipinski definition) is 0. The van der Waals surface area contributed by atoms with E-state index in [1.165, 1.54) is 10.9 Å². The van der Waals surface area contributed by atoms with Crippen molar-refractivity contribution < 1.29 is 0 Å². The van der Waals surface area contributed by atoms with Gasteiger partial charge < -0.3 is 0 Å². The second-order valence-corrected chi connectivity index (χ2v) is 7.37. The Morgan fingerprint density at radius 2 is 1.75 bits per heavy atom. The molecule has 0 N–H and O–H groups in total. The molecule has 3 atom stereocenters. The second-order valence-electron chi connectivity index (χ2n) is 3.36. The summed E-state index contributed by atoms with van der Waals surface area (Å²) in [5, 5.41) is 0. The van der Waals surface area contributed by atoms with Crippen LogP contribution in [0, 0.1) is 11.8 Å². The molecule has 12 heavy (non-hydrogen) atoms. The van der Waals surface area contributed by atoms with Gasteiger partial charge in [0.05, 0.1) is 4.83 Å². The third-order valence-corrected chi connectivity index (χ3v) is 7.85. The Labute approximate surface area is 106 Å². The number of hydrogen-bond donors (Lipinski definition) is 0. The van der Waals surface area contributed by atoms with E-state index >= 15 is 0 Å². The van der Waals surface area contributed by atoms with Gasteiger partial charge in [0.2, 0.25) is 0 Å². The van der Waals surface area contributed by atoms with Gasteiger partial charge in [-0.3, -0.25) is 0 Å². The van der Waals surface area contributed by atoms with E-state index in [-0.39, 0.29) is 0 Å². The molecule has 1 fully saturated rings. The fourth-order valence-corrected chi connectivity index (χ4v) is 7.24. The van der Waals surface area contributed by atoms with E-state index in [2.05, 4.69) is 69.8 Å². The summed E-state index contributed by atoms with van der Waals surface area (Å²) in [6, 6.07) is 0. The zero-order chi connectivity index (χ0) is 8.88. The molecule has 0 radical (unpaired) electrons. The van der Waals surface area contributed by atoms with Crippen molar-refractivity contribution in [3.63, 3.8) is 0 Å². The highest BCUT2D eigenvalue weighted by Crippen LogP contribution is 2.54. The molecule has 0 aliphatic heterocycles. The summed E-state index contributed by atoms with van der Waals surface area (Å²) < 4.78 is 1.31. The normalized spacial score (nSPS) is 52.3. The third kappa shape index (κ3) is 1.41. The van der Waals surface area contributed by atoms with Crippen LogP contribution in [0.2, 0.25) is 0 Å². The molecule has 1 saturated carbocycles. The van der Waals surface area contributed by atoms with Crippen molar-refractivity contribution in [3.8, 4) is 0 Å². The number of halogens is 4. The lowest BCUT2D eigenvalue weighted by Gasteiger charge is -2.47. The third-order valence-electron chi connectivity index (χ3n) is 2.74. The molecular formula is C8H8Br4. The molecule has 3 unspecified atom stereocenters. The molecular weight excluding hydrogens is 416 g/mol. The van der Waals surface area contributed by atoms with E-state index in [1.807, 2.05) is 0 Å². The predicted molar refractivity (Wildman–Crippen MR) is 66.8 cm³/mol. The SMILES string of the molecule is BrC1=CCC2C(Br)C(C1Br)C2Br. The molecule has 3 aliphatic rings. The zero-order valence-electron chi connectivity index (χ0n) is 6.18. The summed E-state index contributed by atoms with van der Waals surface area (Å²) in [6.07, 6.45) is 3.46. The first kappa shape index (κ1) is 10.2. The predicted octanol–water partition coefficient (Wildman–Crippen LogP) is 4.21. The number of alkyl halides is 3. The van der Waals surface area contributed by atoms with E-state index < -0.39 is 0 Å². The highest BCUT2D eigenvalue weighted by molar-refractivity contribution is 9.14. The molecule has 0 amide bonds. The molecule has 0 aromatic rings. The first-order valence-corrected chi connectivity index (χ1v) is 7.44. The van der Waals surface area contributed by atoms with Gasteiger partial charge in [0.15, 0.2) is 0 Å². The van der Waals surface area contributed by atoms with Crippen LogP contribution in [0.5, 0.6) is 0 Å². The number of allylic oxidation sites excluding steroid dienone is 2. The standard InChI is InChI=1S/C8H8Br4/c9-4-2-1-3-6(10)5(7(3)11)8(4)12/h2-3,5-8H,1H2. The average molecular weight is 424 g/mol. The van der Waals surface area contributed by atoms with Gasteiger partial charge in [-0.2, -0.15) is 0 Å². The monoisotopic (exact) mass is 420 g/mol. The summed E-state index contributed by atoms with van der Waals surface area (Å²) in [5.41, 5.74) is 0. The lowest BCUT2D eigenvalue weighted by Crippen LogP contribution is -2.51. The summed E-state index contributed by atoms with van der Waals surface area (Å²) in [7, 11) is 0. The Balaban J connectivity index is 2.24. The molecule has 4 heteroatoms. The van der Waals surface area contributed by atoms with Crippen LogP contribution in [-0.2, 0) is 0 Å². The summed E-state index contributed by atoms with van der Waals surface area (Å²) >= 11 is 14.8. The molecule has 0 spiro atoms. The second kappa shape index (κ2) is 3.67. The number of rotatable bonds is 0. The Kier molecular flexibility index (Phi) is 3.11. The average Bonchev–Trinajstić information content (AvgIpc) is 2.20. The van der Waals surface area contributed by atoms with Crippen molar-refractivity contribution in [3.05, 3.63) is 10.6 Å². The first-order chi connectivity index (χ1) is 5.63. The highest BCUT2D eigenvalue weighted by atomic mass is 79.9. The maximum Gasteiger partial charge on any atom is 0.0507 e. The highest BCUT2D eigenvalue weighted by Gasteiger charge is 2.52. The van der Waals surface area contributed by atoms with E-state index in [1.54, 1.807) is 0 Å². The van der Waals surface area contributed by atoms with Gasteiger partial charge in [-0.1, -0.05) is 69.8 Å². The molecule has 3 aliphatic carbocycles. The Bertz CT molecular complexity index is 215.